The summed E-state index contributed by atoms with van der Waals surface area (Å²) >= 11 is 1.69. The summed E-state index contributed by atoms with van der Waals surface area (Å²) in [5.41, 5.74) is 1.29. The van der Waals surface area contributed by atoms with E-state index in [4.69, 9.17) is 4.98 Å². The molecule has 3 rings (SSSR count). The second-order valence-corrected chi connectivity index (χ2v) is 8.07. The number of hydrogen-bond acceptors (Lipinski definition) is 4. The summed E-state index contributed by atoms with van der Waals surface area (Å²) in [6.07, 6.45) is 4.22. The normalized spacial score (nSPS) is 26.9. The Bertz CT molecular complexity index is 478. The Kier molecular flexibility index (Phi) is 3.13. The lowest BCUT2D eigenvalue weighted by molar-refractivity contribution is 0.102. The summed E-state index contributed by atoms with van der Waals surface area (Å²) in [5.74, 6) is 0.840. The average molecular weight is 280 g/mol. The molecule has 0 aromatic carbocycles. The average Bonchev–Trinajstić information content (AvgIpc) is 3.07. The summed E-state index contributed by atoms with van der Waals surface area (Å²) in [6.45, 7) is 6.72. The Balaban J connectivity index is 1.85. The van der Waals surface area contributed by atoms with Gasteiger partial charge in [0, 0.05) is 13.1 Å². The molecule has 1 aromatic rings. The molecule has 2 unspecified atom stereocenters. The van der Waals surface area contributed by atoms with Crippen molar-refractivity contribution in [2.24, 2.45) is 11.3 Å². The minimum Gasteiger partial charge on any atom is -0.387 e. The van der Waals surface area contributed by atoms with Crippen LogP contribution in [0.2, 0.25) is 0 Å². The van der Waals surface area contributed by atoms with Gasteiger partial charge in [0.2, 0.25) is 0 Å². The van der Waals surface area contributed by atoms with Gasteiger partial charge in [0.25, 0.3) is 0 Å². The summed E-state index contributed by atoms with van der Waals surface area (Å²) in [5, 5.41) is 11.4. The highest BCUT2D eigenvalue weighted by Crippen LogP contribution is 2.45. The number of aromatic nitrogens is 1. The van der Waals surface area contributed by atoms with Crippen molar-refractivity contribution in [1.29, 1.82) is 0 Å². The van der Waals surface area contributed by atoms with E-state index in [9.17, 15) is 5.11 Å². The standard InChI is InChI=1S/C15H24N2OS/c1-9(10-5-6-10)17(4)14-16-11-7-15(2,3)8-12(18)13(11)19-14/h9-10,12,18H,5-8H2,1-4H3. The third-order valence-corrected chi connectivity index (χ3v) is 5.92. The number of nitrogens with zero attached hydrogens (tertiary/aromatic N) is 2. The highest BCUT2D eigenvalue weighted by Gasteiger charge is 2.36. The molecule has 0 spiro atoms. The summed E-state index contributed by atoms with van der Waals surface area (Å²) in [7, 11) is 2.14. The van der Waals surface area contributed by atoms with Crippen LogP contribution < -0.4 is 4.90 Å². The molecule has 0 bridgehead atoms. The molecule has 0 saturated heterocycles. The number of aliphatic hydroxyl groups is 1. The van der Waals surface area contributed by atoms with E-state index < -0.39 is 0 Å². The molecule has 1 fully saturated rings. The van der Waals surface area contributed by atoms with Crippen molar-refractivity contribution in [3.63, 3.8) is 0 Å². The Morgan fingerprint density at radius 1 is 1.42 bits per heavy atom. The molecule has 106 valence electrons. The van der Waals surface area contributed by atoms with E-state index in [0.29, 0.717) is 6.04 Å². The van der Waals surface area contributed by atoms with Gasteiger partial charge in [-0.3, -0.25) is 0 Å². The van der Waals surface area contributed by atoms with Crippen LogP contribution in [-0.4, -0.2) is 23.2 Å². The van der Waals surface area contributed by atoms with Crippen LogP contribution in [0.15, 0.2) is 0 Å². The molecule has 19 heavy (non-hydrogen) atoms. The van der Waals surface area contributed by atoms with E-state index in [-0.39, 0.29) is 11.5 Å². The largest absolute Gasteiger partial charge is 0.387 e. The molecule has 0 radical (unpaired) electrons. The molecule has 2 aliphatic carbocycles. The van der Waals surface area contributed by atoms with Crippen molar-refractivity contribution < 1.29 is 5.11 Å². The SMILES string of the molecule is CC(C1CC1)N(C)c1nc2c(s1)C(O)CC(C)(C)C2. The number of thiazole rings is 1. The third-order valence-electron chi connectivity index (χ3n) is 4.63. The van der Waals surface area contributed by atoms with Crippen molar-refractivity contribution in [2.75, 3.05) is 11.9 Å². The molecule has 1 aromatic heterocycles. The maximum absolute atomic E-state index is 10.3. The zero-order chi connectivity index (χ0) is 13.8. The van der Waals surface area contributed by atoms with Crippen LogP contribution >= 0.6 is 11.3 Å². The molecule has 1 saturated carbocycles. The topological polar surface area (TPSA) is 36.4 Å². The van der Waals surface area contributed by atoms with Crippen molar-refractivity contribution in [2.45, 2.75) is 58.6 Å². The first-order valence-electron chi connectivity index (χ1n) is 7.28. The van der Waals surface area contributed by atoms with E-state index in [1.54, 1.807) is 11.3 Å². The van der Waals surface area contributed by atoms with Gasteiger partial charge in [0.1, 0.15) is 0 Å². The fourth-order valence-corrected chi connectivity index (χ4v) is 4.22. The van der Waals surface area contributed by atoms with E-state index in [1.165, 1.54) is 12.8 Å². The second-order valence-electron chi connectivity index (χ2n) is 7.06. The van der Waals surface area contributed by atoms with Gasteiger partial charge in [-0.1, -0.05) is 25.2 Å². The number of aliphatic hydroxyl groups excluding tert-OH is 1. The summed E-state index contributed by atoms with van der Waals surface area (Å²) < 4.78 is 0. The zero-order valence-corrected chi connectivity index (χ0v) is 13.1. The van der Waals surface area contributed by atoms with Crippen LogP contribution in [0, 0.1) is 11.3 Å². The Hall–Kier alpha value is -0.610. The van der Waals surface area contributed by atoms with Gasteiger partial charge in [-0.15, -0.1) is 0 Å². The van der Waals surface area contributed by atoms with Crippen LogP contribution in [-0.2, 0) is 6.42 Å². The summed E-state index contributed by atoms with van der Waals surface area (Å²) in [6, 6.07) is 0.567. The Labute approximate surface area is 119 Å². The van der Waals surface area contributed by atoms with Gasteiger partial charge < -0.3 is 10.0 Å². The molecule has 1 N–H and O–H groups in total. The van der Waals surface area contributed by atoms with Crippen LogP contribution in [0.5, 0.6) is 0 Å². The first-order chi connectivity index (χ1) is 8.87. The molecule has 4 heteroatoms. The molecule has 3 nitrogen and oxygen atoms in total. The second kappa shape index (κ2) is 4.45. The first kappa shape index (κ1) is 13.4. The van der Waals surface area contributed by atoms with E-state index in [0.717, 1.165) is 34.5 Å². The number of rotatable bonds is 3. The minimum atomic E-state index is -0.324. The number of anilines is 1. The predicted octanol–water partition coefficient (Wildman–Crippen LogP) is 3.38. The smallest absolute Gasteiger partial charge is 0.185 e. The van der Waals surface area contributed by atoms with Crippen LogP contribution in [0.3, 0.4) is 0 Å². The zero-order valence-electron chi connectivity index (χ0n) is 12.3. The molecule has 2 atom stereocenters. The van der Waals surface area contributed by atoms with Gasteiger partial charge in [0.15, 0.2) is 5.13 Å². The van der Waals surface area contributed by atoms with E-state index >= 15 is 0 Å². The molecular weight excluding hydrogens is 256 g/mol. The van der Waals surface area contributed by atoms with Crippen LogP contribution in [0.25, 0.3) is 0 Å². The van der Waals surface area contributed by atoms with E-state index in [2.05, 4.69) is 32.7 Å². The minimum absolute atomic E-state index is 0.165. The highest BCUT2D eigenvalue weighted by molar-refractivity contribution is 7.15. The van der Waals surface area contributed by atoms with Crippen LogP contribution in [0.1, 0.15) is 56.7 Å². The predicted molar refractivity (Wildman–Crippen MR) is 79.8 cm³/mol. The van der Waals surface area contributed by atoms with E-state index in [1.807, 2.05) is 0 Å². The maximum atomic E-state index is 10.3. The lowest BCUT2D eigenvalue weighted by atomic mass is 9.77. The molecule has 0 aliphatic heterocycles. The van der Waals surface area contributed by atoms with Gasteiger partial charge in [-0.2, -0.15) is 0 Å². The molecule has 1 heterocycles. The fourth-order valence-electron chi connectivity index (χ4n) is 3.10. The monoisotopic (exact) mass is 280 g/mol. The van der Waals surface area contributed by atoms with Gasteiger partial charge in [-0.05, 0) is 43.9 Å². The van der Waals surface area contributed by atoms with Crippen molar-refractivity contribution in [3.8, 4) is 0 Å². The third kappa shape index (κ3) is 2.52. The van der Waals surface area contributed by atoms with Gasteiger partial charge in [-0.25, -0.2) is 4.98 Å². The summed E-state index contributed by atoms with van der Waals surface area (Å²) in [4.78, 5) is 8.22. The first-order valence-corrected chi connectivity index (χ1v) is 8.09. The molecule has 2 aliphatic rings. The lowest BCUT2D eigenvalue weighted by Gasteiger charge is -2.31. The van der Waals surface area contributed by atoms with Crippen molar-refractivity contribution in [3.05, 3.63) is 10.6 Å². The quantitative estimate of drug-likeness (QED) is 0.922. The Morgan fingerprint density at radius 2 is 2.11 bits per heavy atom. The van der Waals surface area contributed by atoms with Crippen molar-refractivity contribution >= 4 is 16.5 Å². The number of fused-ring (bicyclic) bond motifs is 1. The highest BCUT2D eigenvalue weighted by atomic mass is 32.1. The fraction of sp³-hybridized carbons (Fsp3) is 0.800. The van der Waals surface area contributed by atoms with Gasteiger partial charge >= 0.3 is 0 Å². The Morgan fingerprint density at radius 3 is 2.74 bits per heavy atom. The van der Waals surface area contributed by atoms with Crippen molar-refractivity contribution in [1.82, 2.24) is 4.98 Å². The number of hydrogen-bond donors (Lipinski definition) is 1. The van der Waals surface area contributed by atoms with Gasteiger partial charge in [0.05, 0.1) is 16.7 Å². The molecular formula is C15H24N2OS. The lowest BCUT2D eigenvalue weighted by Crippen LogP contribution is -2.30. The maximum Gasteiger partial charge on any atom is 0.185 e. The van der Waals surface area contributed by atoms with Crippen LogP contribution in [0.4, 0.5) is 5.13 Å². The molecule has 0 amide bonds.